The van der Waals surface area contributed by atoms with E-state index < -0.39 is 0 Å². The zero-order chi connectivity index (χ0) is 21.1. The first-order valence-electron chi connectivity index (χ1n) is 10.5. The van der Waals surface area contributed by atoms with E-state index >= 15 is 0 Å². The SMILES string of the molecule is CC(=O)Nc1nsc(N2CCC(C(=O)N3CCN(c4cccc(C)c4)CC3)CC2)n1. The fourth-order valence-electron chi connectivity index (χ4n) is 4.14. The third kappa shape index (κ3) is 4.72. The summed E-state index contributed by atoms with van der Waals surface area (Å²) >= 11 is 1.28. The molecule has 0 saturated carbocycles. The minimum absolute atomic E-state index is 0.0782. The smallest absolute Gasteiger partial charge is 0.243 e. The van der Waals surface area contributed by atoms with Gasteiger partial charge in [-0.2, -0.15) is 9.36 Å². The number of anilines is 3. The topological polar surface area (TPSA) is 81.7 Å². The fraction of sp³-hybridized carbons (Fsp3) is 0.524. The number of aryl methyl sites for hydroxylation is 1. The van der Waals surface area contributed by atoms with E-state index in [1.807, 2.05) is 4.90 Å². The van der Waals surface area contributed by atoms with Gasteiger partial charge in [-0.25, -0.2) is 0 Å². The lowest BCUT2D eigenvalue weighted by molar-refractivity contribution is -0.136. The number of nitrogens with zero attached hydrogens (tertiary/aromatic N) is 5. The van der Waals surface area contributed by atoms with Gasteiger partial charge in [0.2, 0.25) is 22.9 Å². The van der Waals surface area contributed by atoms with Crippen molar-refractivity contribution in [2.24, 2.45) is 5.92 Å². The number of carbonyl (C=O) groups excluding carboxylic acids is 2. The minimum atomic E-state index is -0.175. The molecule has 0 radical (unpaired) electrons. The maximum absolute atomic E-state index is 13.0. The highest BCUT2D eigenvalue weighted by Crippen LogP contribution is 2.27. The molecule has 0 spiro atoms. The summed E-state index contributed by atoms with van der Waals surface area (Å²) in [5.74, 6) is 0.544. The van der Waals surface area contributed by atoms with E-state index in [1.165, 1.54) is 29.7 Å². The molecule has 2 saturated heterocycles. The Morgan fingerprint density at radius 1 is 1.07 bits per heavy atom. The number of benzene rings is 1. The van der Waals surface area contributed by atoms with Crippen molar-refractivity contribution in [3.63, 3.8) is 0 Å². The second kappa shape index (κ2) is 8.99. The molecule has 0 aliphatic carbocycles. The van der Waals surface area contributed by atoms with Gasteiger partial charge in [-0.3, -0.25) is 14.9 Å². The molecule has 0 unspecified atom stereocenters. The lowest BCUT2D eigenvalue weighted by Gasteiger charge is -2.39. The average Bonchev–Trinajstić information content (AvgIpc) is 3.21. The Kier molecular flexibility index (Phi) is 6.17. The fourth-order valence-corrected chi connectivity index (χ4v) is 4.82. The van der Waals surface area contributed by atoms with Gasteiger partial charge in [-0.15, -0.1) is 0 Å². The Balaban J connectivity index is 1.26. The van der Waals surface area contributed by atoms with Crippen LogP contribution in [0.3, 0.4) is 0 Å². The molecule has 2 fully saturated rings. The molecule has 1 aromatic heterocycles. The first kappa shape index (κ1) is 20.6. The highest BCUT2D eigenvalue weighted by atomic mass is 32.1. The summed E-state index contributed by atoms with van der Waals surface area (Å²) in [6, 6.07) is 8.55. The average molecular weight is 429 g/mol. The van der Waals surface area contributed by atoms with E-state index in [0.29, 0.717) is 5.95 Å². The Labute approximate surface area is 181 Å². The van der Waals surface area contributed by atoms with Crippen LogP contribution in [0, 0.1) is 12.8 Å². The van der Waals surface area contributed by atoms with Crippen LogP contribution in [0.4, 0.5) is 16.8 Å². The maximum Gasteiger partial charge on any atom is 0.243 e. The number of piperidine rings is 1. The van der Waals surface area contributed by atoms with Gasteiger partial charge in [0.1, 0.15) is 0 Å². The summed E-state index contributed by atoms with van der Waals surface area (Å²) in [7, 11) is 0. The van der Waals surface area contributed by atoms with Crippen LogP contribution in [-0.4, -0.2) is 65.3 Å². The number of nitrogens with one attached hydrogen (secondary N) is 1. The molecule has 3 heterocycles. The summed E-state index contributed by atoms with van der Waals surface area (Å²) in [4.78, 5) is 35.1. The number of piperazine rings is 1. The number of aromatic nitrogens is 2. The van der Waals surface area contributed by atoms with Gasteiger partial charge in [-0.1, -0.05) is 12.1 Å². The monoisotopic (exact) mass is 428 g/mol. The van der Waals surface area contributed by atoms with Crippen LogP contribution in [0.1, 0.15) is 25.3 Å². The Hall–Kier alpha value is -2.68. The van der Waals surface area contributed by atoms with Crippen molar-refractivity contribution in [3.8, 4) is 0 Å². The molecule has 30 heavy (non-hydrogen) atoms. The van der Waals surface area contributed by atoms with Crippen molar-refractivity contribution in [2.45, 2.75) is 26.7 Å². The lowest BCUT2D eigenvalue weighted by atomic mass is 9.95. The largest absolute Gasteiger partial charge is 0.368 e. The molecule has 0 bridgehead atoms. The number of hydrogen-bond donors (Lipinski definition) is 1. The van der Waals surface area contributed by atoms with Gasteiger partial charge in [0.25, 0.3) is 0 Å². The summed E-state index contributed by atoms with van der Waals surface area (Å²) in [5.41, 5.74) is 2.50. The first-order chi connectivity index (χ1) is 14.5. The van der Waals surface area contributed by atoms with Crippen molar-refractivity contribution >= 4 is 40.1 Å². The molecule has 1 aromatic carbocycles. The third-order valence-corrected chi connectivity index (χ3v) is 6.55. The molecule has 0 atom stereocenters. The summed E-state index contributed by atoms with van der Waals surface area (Å²) in [6.45, 7) is 8.45. The van der Waals surface area contributed by atoms with Gasteiger partial charge in [0, 0.05) is 69.3 Å². The van der Waals surface area contributed by atoms with Crippen molar-refractivity contribution in [1.82, 2.24) is 14.3 Å². The molecule has 1 N–H and O–H groups in total. The van der Waals surface area contributed by atoms with E-state index in [0.717, 1.165) is 57.2 Å². The van der Waals surface area contributed by atoms with Crippen LogP contribution < -0.4 is 15.1 Å². The number of amides is 2. The molecule has 2 aliphatic heterocycles. The van der Waals surface area contributed by atoms with Gasteiger partial charge >= 0.3 is 0 Å². The molecular formula is C21H28N6O2S. The lowest BCUT2D eigenvalue weighted by Crippen LogP contribution is -2.51. The van der Waals surface area contributed by atoms with Gasteiger partial charge in [0.05, 0.1) is 0 Å². The molecule has 9 heteroatoms. The quantitative estimate of drug-likeness (QED) is 0.805. The van der Waals surface area contributed by atoms with Crippen LogP contribution in [0.2, 0.25) is 0 Å². The van der Waals surface area contributed by atoms with E-state index in [9.17, 15) is 9.59 Å². The molecule has 2 amide bonds. The predicted octanol–water partition coefficient (Wildman–Crippen LogP) is 2.37. The predicted molar refractivity (Wildman–Crippen MR) is 119 cm³/mol. The Bertz CT molecular complexity index is 900. The number of carbonyl (C=O) groups is 2. The van der Waals surface area contributed by atoms with Crippen LogP contribution in [0.15, 0.2) is 24.3 Å². The standard InChI is InChI=1S/C21H28N6O2S/c1-15-4-3-5-18(14-15)25-10-12-26(13-11-25)19(29)17-6-8-27(9-7-17)21-23-20(24-30-21)22-16(2)28/h3-5,14,17H,6-13H2,1-2H3,(H,22,24,28). The van der Waals surface area contributed by atoms with Crippen LogP contribution in [-0.2, 0) is 9.59 Å². The highest BCUT2D eigenvalue weighted by Gasteiger charge is 2.31. The zero-order valence-corrected chi connectivity index (χ0v) is 18.3. The maximum atomic E-state index is 13.0. The summed E-state index contributed by atoms with van der Waals surface area (Å²) in [6.07, 6.45) is 1.65. The molecule has 8 nitrogen and oxygen atoms in total. The number of rotatable bonds is 4. The van der Waals surface area contributed by atoms with Gasteiger partial charge in [-0.05, 0) is 37.5 Å². The Morgan fingerprint density at radius 2 is 1.80 bits per heavy atom. The second-order valence-corrected chi connectivity index (χ2v) is 8.72. The van der Waals surface area contributed by atoms with Crippen molar-refractivity contribution in [3.05, 3.63) is 29.8 Å². The highest BCUT2D eigenvalue weighted by molar-refractivity contribution is 7.09. The Morgan fingerprint density at radius 3 is 2.47 bits per heavy atom. The third-order valence-electron chi connectivity index (χ3n) is 5.78. The van der Waals surface area contributed by atoms with Crippen molar-refractivity contribution < 1.29 is 9.59 Å². The normalized spacial score (nSPS) is 17.9. The van der Waals surface area contributed by atoms with Crippen LogP contribution in [0.25, 0.3) is 0 Å². The second-order valence-electron chi connectivity index (χ2n) is 7.99. The van der Waals surface area contributed by atoms with E-state index in [-0.39, 0.29) is 17.7 Å². The molecule has 2 aromatic rings. The molecule has 2 aliphatic rings. The molecular weight excluding hydrogens is 400 g/mol. The van der Waals surface area contributed by atoms with Crippen LogP contribution in [0.5, 0.6) is 0 Å². The zero-order valence-electron chi connectivity index (χ0n) is 17.5. The van der Waals surface area contributed by atoms with E-state index in [4.69, 9.17) is 0 Å². The molecule has 4 rings (SSSR count). The van der Waals surface area contributed by atoms with Crippen molar-refractivity contribution in [2.75, 3.05) is 54.4 Å². The van der Waals surface area contributed by atoms with E-state index in [2.05, 4.69) is 55.7 Å². The minimum Gasteiger partial charge on any atom is -0.368 e. The number of hydrogen-bond acceptors (Lipinski definition) is 7. The van der Waals surface area contributed by atoms with Gasteiger partial charge in [0.15, 0.2) is 0 Å². The van der Waals surface area contributed by atoms with Crippen LogP contribution >= 0.6 is 11.5 Å². The molecule has 160 valence electrons. The summed E-state index contributed by atoms with van der Waals surface area (Å²) in [5, 5.41) is 3.41. The summed E-state index contributed by atoms with van der Waals surface area (Å²) < 4.78 is 4.17. The van der Waals surface area contributed by atoms with E-state index in [1.54, 1.807) is 0 Å². The van der Waals surface area contributed by atoms with Crippen molar-refractivity contribution in [1.29, 1.82) is 0 Å². The first-order valence-corrected chi connectivity index (χ1v) is 11.2. The van der Waals surface area contributed by atoms with Gasteiger partial charge < -0.3 is 14.7 Å².